The Morgan fingerprint density at radius 2 is 2.35 bits per heavy atom. The fourth-order valence-electron chi connectivity index (χ4n) is 2.23. The highest BCUT2D eigenvalue weighted by atomic mass is 16.4. The predicted octanol–water partition coefficient (Wildman–Crippen LogP) is 2.60. The van der Waals surface area contributed by atoms with Gasteiger partial charge in [-0.3, -0.25) is 4.90 Å². The van der Waals surface area contributed by atoms with Gasteiger partial charge in [-0.1, -0.05) is 13.3 Å². The van der Waals surface area contributed by atoms with Crippen LogP contribution in [0.3, 0.4) is 0 Å². The zero-order chi connectivity index (χ0) is 12.3. The van der Waals surface area contributed by atoms with E-state index < -0.39 is 5.97 Å². The van der Waals surface area contributed by atoms with E-state index in [-0.39, 0.29) is 5.76 Å². The van der Waals surface area contributed by atoms with Crippen LogP contribution < -0.4 is 0 Å². The number of furan rings is 1. The molecule has 94 valence electrons. The summed E-state index contributed by atoms with van der Waals surface area (Å²) in [6.07, 6.45) is 5.42. The van der Waals surface area contributed by atoms with Gasteiger partial charge in [-0.25, -0.2) is 4.79 Å². The van der Waals surface area contributed by atoms with E-state index in [0.29, 0.717) is 6.54 Å². The largest absolute Gasteiger partial charge is 0.475 e. The summed E-state index contributed by atoms with van der Waals surface area (Å²) in [6.45, 7) is 4.80. The summed E-state index contributed by atoms with van der Waals surface area (Å²) in [5.41, 5.74) is 0.777. The van der Waals surface area contributed by atoms with Crippen molar-refractivity contribution >= 4 is 5.97 Å². The van der Waals surface area contributed by atoms with Crippen LogP contribution in [0.15, 0.2) is 16.7 Å². The molecule has 1 aliphatic carbocycles. The molecule has 0 unspecified atom stereocenters. The van der Waals surface area contributed by atoms with E-state index in [1.54, 1.807) is 6.07 Å². The Labute approximate surface area is 101 Å². The number of carboxylic acids is 1. The zero-order valence-electron chi connectivity index (χ0n) is 10.2. The molecular weight excluding hydrogens is 218 g/mol. The maximum absolute atomic E-state index is 10.9. The molecule has 1 aromatic rings. The fourth-order valence-corrected chi connectivity index (χ4v) is 2.23. The van der Waals surface area contributed by atoms with E-state index in [2.05, 4.69) is 11.8 Å². The van der Waals surface area contributed by atoms with E-state index in [1.165, 1.54) is 25.5 Å². The molecule has 1 aliphatic rings. The number of carboxylic acid groups (broad SMARTS) is 1. The van der Waals surface area contributed by atoms with E-state index in [1.807, 2.05) is 0 Å². The first-order chi connectivity index (χ1) is 8.20. The van der Waals surface area contributed by atoms with Gasteiger partial charge in [0.25, 0.3) is 0 Å². The van der Waals surface area contributed by atoms with Crippen molar-refractivity contribution in [2.24, 2.45) is 5.92 Å². The van der Waals surface area contributed by atoms with E-state index in [0.717, 1.165) is 24.6 Å². The average molecular weight is 237 g/mol. The van der Waals surface area contributed by atoms with Gasteiger partial charge in [0.1, 0.15) is 0 Å². The van der Waals surface area contributed by atoms with Crippen molar-refractivity contribution in [1.82, 2.24) is 4.90 Å². The van der Waals surface area contributed by atoms with Gasteiger partial charge in [-0.15, -0.1) is 0 Å². The van der Waals surface area contributed by atoms with Crippen molar-refractivity contribution in [3.63, 3.8) is 0 Å². The standard InChI is InChI=1S/C13H19NO3/c1-2-14(8-10-4-3-5-10)9-11-6-7-17-12(11)13(15)16/h6-7,10H,2-5,8-9H2,1H3,(H,15,16). The van der Waals surface area contributed by atoms with Gasteiger partial charge in [-0.05, 0) is 31.4 Å². The maximum Gasteiger partial charge on any atom is 0.372 e. The summed E-state index contributed by atoms with van der Waals surface area (Å²) in [7, 11) is 0. The average Bonchev–Trinajstić information content (AvgIpc) is 2.69. The van der Waals surface area contributed by atoms with Crippen LogP contribution in [0.1, 0.15) is 42.3 Å². The van der Waals surface area contributed by atoms with Crippen molar-refractivity contribution in [1.29, 1.82) is 0 Å². The summed E-state index contributed by atoms with van der Waals surface area (Å²) in [5.74, 6) is -0.100. The molecule has 0 amide bonds. The summed E-state index contributed by atoms with van der Waals surface area (Å²) >= 11 is 0. The molecule has 4 nitrogen and oxygen atoms in total. The second kappa shape index (κ2) is 5.36. The molecule has 0 bridgehead atoms. The molecule has 0 aromatic carbocycles. The number of aromatic carboxylic acids is 1. The van der Waals surface area contributed by atoms with Crippen LogP contribution in [-0.4, -0.2) is 29.1 Å². The van der Waals surface area contributed by atoms with Crippen LogP contribution in [0.4, 0.5) is 0 Å². The van der Waals surface area contributed by atoms with Gasteiger partial charge in [0.15, 0.2) is 0 Å². The summed E-state index contributed by atoms with van der Waals surface area (Å²) in [5, 5.41) is 8.97. The molecule has 1 fully saturated rings. The molecule has 0 spiro atoms. The number of carbonyl (C=O) groups is 1. The Morgan fingerprint density at radius 3 is 2.88 bits per heavy atom. The smallest absolute Gasteiger partial charge is 0.372 e. The quantitative estimate of drug-likeness (QED) is 0.826. The molecule has 1 heterocycles. The number of hydrogen-bond acceptors (Lipinski definition) is 3. The number of hydrogen-bond donors (Lipinski definition) is 1. The molecule has 0 aliphatic heterocycles. The first-order valence-electron chi connectivity index (χ1n) is 6.22. The van der Waals surface area contributed by atoms with Crippen LogP contribution >= 0.6 is 0 Å². The topological polar surface area (TPSA) is 53.7 Å². The van der Waals surface area contributed by atoms with Crippen LogP contribution in [0.5, 0.6) is 0 Å². The Kier molecular flexibility index (Phi) is 3.84. The van der Waals surface area contributed by atoms with E-state index in [4.69, 9.17) is 9.52 Å². The van der Waals surface area contributed by atoms with Crippen LogP contribution in [0.2, 0.25) is 0 Å². The van der Waals surface area contributed by atoms with Crippen molar-refractivity contribution in [3.8, 4) is 0 Å². The van der Waals surface area contributed by atoms with Gasteiger partial charge in [0, 0.05) is 18.7 Å². The number of rotatable bonds is 6. The summed E-state index contributed by atoms with van der Waals surface area (Å²) in [4.78, 5) is 13.2. The maximum atomic E-state index is 10.9. The SMILES string of the molecule is CCN(Cc1ccoc1C(=O)O)CC1CCC1. The summed E-state index contributed by atoms with van der Waals surface area (Å²) in [6, 6.07) is 1.76. The third kappa shape index (κ3) is 2.88. The second-order valence-corrected chi connectivity index (χ2v) is 4.70. The van der Waals surface area contributed by atoms with Gasteiger partial charge in [-0.2, -0.15) is 0 Å². The minimum Gasteiger partial charge on any atom is -0.475 e. The molecule has 0 saturated heterocycles. The Morgan fingerprint density at radius 1 is 1.59 bits per heavy atom. The molecule has 0 radical (unpaired) electrons. The molecule has 1 saturated carbocycles. The first kappa shape index (κ1) is 12.2. The lowest BCUT2D eigenvalue weighted by atomic mass is 9.85. The highest BCUT2D eigenvalue weighted by Gasteiger charge is 2.22. The van der Waals surface area contributed by atoms with Crippen LogP contribution in [0.25, 0.3) is 0 Å². The second-order valence-electron chi connectivity index (χ2n) is 4.70. The lowest BCUT2D eigenvalue weighted by Gasteiger charge is -2.31. The van der Waals surface area contributed by atoms with Gasteiger partial charge in [0.05, 0.1) is 6.26 Å². The van der Waals surface area contributed by atoms with Gasteiger partial charge < -0.3 is 9.52 Å². The highest BCUT2D eigenvalue weighted by Crippen LogP contribution is 2.27. The van der Waals surface area contributed by atoms with Crippen LogP contribution in [0, 0.1) is 5.92 Å². The molecule has 1 N–H and O–H groups in total. The highest BCUT2D eigenvalue weighted by molar-refractivity contribution is 5.86. The van der Waals surface area contributed by atoms with E-state index >= 15 is 0 Å². The minimum absolute atomic E-state index is 0.0806. The van der Waals surface area contributed by atoms with Gasteiger partial charge >= 0.3 is 5.97 Å². The van der Waals surface area contributed by atoms with Crippen molar-refractivity contribution in [3.05, 3.63) is 23.7 Å². The van der Waals surface area contributed by atoms with E-state index in [9.17, 15) is 4.79 Å². The molecular formula is C13H19NO3. The fraction of sp³-hybridized carbons (Fsp3) is 0.615. The normalized spacial score (nSPS) is 16.1. The Hall–Kier alpha value is -1.29. The molecule has 17 heavy (non-hydrogen) atoms. The monoisotopic (exact) mass is 237 g/mol. The lowest BCUT2D eigenvalue weighted by molar-refractivity contribution is 0.0658. The lowest BCUT2D eigenvalue weighted by Crippen LogP contribution is -2.32. The van der Waals surface area contributed by atoms with Crippen molar-refractivity contribution in [2.45, 2.75) is 32.7 Å². The predicted molar refractivity (Wildman–Crippen MR) is 64.0 cm³/mol. The summed E-state index contributed by atoms with van der Waals surface area (Å²) < 4.78 is 4.99. The molecule has 0 atom stereocenters. The molecule has 2 rings (SSSR count). The van der Waals surface area contributed by atoms with Crippen LogP contribution in [-0.2, 0) is 6.54 Å². The third-order valence-electron chi connectivity index (χ3n) is 3.52. The Bertz CT molecular complexity index is 382. The molecule has 1 aromatic heterocycles. The minimum atomic E-state index is -0.982. The van der Waals surface area contributed by atoms with Crippen molar-refractivity contribution < 1.29 is 14.3 Å². The molecule has 4 heteroatoms. The third-order valence-corrected chi connectivity index (χ3v) is 3.52. The van der Waals surface area contributed by atoms with Gasteiger partial charge in [0.2, 0.25) is 5.76 Å². The first-order valence-corrected chi connectivity index (χ1v) is 6.22. The number of nitrogens with zero attached hydrogens (tertiary/aromatic N) is 1. The van der Waals surface area contributed by atoms with Crippen molar-refractivity contribution in [2.75, 3.05) is 13.1 Å². The Balaban J connectivity index is 1.96. The zero-order valence-corrected chi connectivity index (χ0v) is 10.2.